The largest absolute Gasteiger partial charge is 0.432 e. The maximum atomic E-state index is 14.9. The van der Waals surface area contributed by atoms with Gasteiger partial charge in [-0.15, -0.1) is 0 Å². The van der Waals surface area contributed by atoms with Gasteiger partial charge in [-0.2, -0.15) is 8.78 Å². The Morgan fingerprint density at radius 3 is 2.14 bits per heavy atom. The SMILES string of the molecule is CCC[SiH]1CCC(CC[C@H]2CC[C@H](c3ccc(-c4ccc(OC(F)F)c(F)c4)c(F)c3)CC2)CC1. The van der Waals surface area contributed by atoms with Crippen molar-refractivity contribution < 1.29 is 22.3 Å². The Morgan fingerprint density at radius 1 is 0.857 bits per heavy atom. The second-order valence-electron chi connectivity index (χ2n) is 10.7. The molecule has 0 amide bonds. The number of ether oxygens (including phenoxy) is 1. The fourth-order valence-corrected chi connectivity index (χ4v) is 9.92. The highest BCUT2D eigenvalue weighted by Gasteiger charge is 2.26. The molecule has 4 rings (SSSR count). The van der Waals surface area contributed by atoms with E-state index in [-0.39, 0.29) is 14.4 Å². The Kier molecular flexibility index (Phi) is 9.32. The summed E-state index contributed by atoms with van der Waals surface area (Å²) in [5.74, 6) is 0.246. The van der Waals surface area contributed by atoms with Crippen molar-refractivity contribution in [1.82, 2.24) is 0 Å². The van der Waals surface area contributed by atoms with E-state index in [1.807, 2.05) is 6.07 Å². The number of rotatable bonds is 9. The van der Waals surface area contributed by atoms with E-state index in [1.54, 1.807) is 24.2 Å². The van der Waals surface area contributed by atoms with Crippen LogP contribution in [0.1, 0.15) is 76.2 Å². The Morgan fingerprint density at radius 2 is 1.54 bits per heavy atom. The summed E-state index contributed by atoms with van der Waals surface area (Å²) < 4.78 is 57.9. The molecule has 1 heterocycles. The zero-order chi connectivity index (χ0) is 24.8. The van der Waals surface area contributed by atoms with Crippen LogP contribution in [-0.2, 0) is 0 Å². The third kappa shape index (κ3) is 7.11. The third-order valence-electron chi connectivity index (χ3n) is 8.42. The van der Waals surface area contributed by atoms with Crippen LogP contribution in [-0.4, -0.2) is 15.4 Å². The summed E-state index contributed by atoms with van der Waals surface area (Å²) in [6, 6.07) is 13.4. The second kappa shape index (κ2) is 12.4. The van der Waals surface area contributed by atoms with Gasteiger partial charge >= 0.3 is 6.61 Å². The Balaban J connectivity index is 1.27. The van der Waals surface area contributed by atoms with E-state index in [2.05, 4.69) is 11.7 Å². The molecule has 2 aromatic carbocycles. The van der Waals surface area contributed by atoms with Gasteiger partial charge in [-0.05, 0) is 72.8 Å². The lowest BCUT2D eigenvalue weighted by Crippen LogP contribution is -2.22. The topological polar surface area (TPSA) is 9.23 Å². The van der Waals surface area contributed by atoms with E-state index in [0.717, 1.165) is 42.4 Å². The summed E-state index contributed by atoms with van der Waals surface area (Å²) in [6.45, 7) is -0.775. The van der Waals surface area contributed by atoms with Crippen LogP contribution in [0.3, 0.4) is 0 Å². The van der Waals surface area contributed by atoms with E-state index in [0.29, 0.717) is 11.5 Å². The Bertz CT molecular complexity index is 950. The molecule has 0 bridgehead atoms. The molecular formula is C29H38F4OSi. The zero-order valence-corrected chi connectivity index (χ0v) is 21.9. The lowest BCUT2D eigenvalue weighted by atomic mass is 9.76. The van der Waals surface area contributed by atoms with Crippen molar-refractivity contribution in [1.29, 1.82) is 0 Å². The molecule has 2 aromatic rings. The molecule has 1 saturated carbocycles. The summed E-state index contributed by atoms with van der Waals surface area (Å²) in [7, 11) is -0.388. The van der Waals surface area contributed by atoms with Crippen molar-refractivity contribution in [2.45, 2.75) is 95.4 Å². The van der Waals surface area contributed by atoms with Crippen LogP contribution in [0, 0.1) is 23.5 Å². The summed E-state index contributed by atoms with van der Waals surface area (Å²) in [4.78, 5) is 0. The normalized spacial score (nSPS) is 25.1. The van der Waals surface area contributed by atoms with Gasteiger partial charge < -0.3 is 4.74 Å². The monoisotopic (exact) mass is 506 g/mol. The quantitative estimate of drug-likeness (QED) is 0.243. The van der Waals surface area contributed by atoms with E-state index >= 15 is 0 Å². The Hall–Kier alpha value is -1.82. The average molecular weight is 507 g/mol. The van der Waals surface area contributed by atoms with E-state index < -0.39 is 24.0 Å². The number of halogens is 4. The highest BCUT2D eigenvalue weighted by molar-refractivity contribution is 6.58. The first kappa shape index (κ1) is 26.2. The fourth-order valence-electron chi connectivity index (χ4n) is 6.35. The average Bonchev–Trinajstić information content (AvgIpc) is 2.85. The third-order valence-corrected chi connectivity index (χ3v) is 12.1. The van der Waals surface area contributed by atoms with Crippen molar-refractivity contribution in [3.63, 3.8) is 0 Å². The highest BCUT2D eigenvalue weighted by atomic mass is 28.3. The minimum Gasteiger partial charge on any atom is -0.432 e. The van der Waals surface area contributed by atoms with Gasteiger partial charge in [0.05, 0.1) is 0 Å². The van der Waals surface area contributed by atoms with Gasteiger partial charge in [0, 0.05) is 14.4 Å². The molecule has 0 atom stereocenters. The number of benzene rings is 2. The first-order valence-electron chi connectivity index (χ1n) is 13.5. The van der Waals surface area contributed by atoms with Crippen molar-refractivity contribution >= 4 is 8.80 Å². The molecule has 1 nitrogen and oxygen atoms in total. The van der Waals surface area contributed by atoms with E-state index in [9.17, 15) is 17.6 Å². The van der Waals surface area contributed by atoms with Crippen molar-refractivity contribution in [2.75, 3.05) is 0 Å². The standard InChI is InChI=1S/C29H38F4OSi/c1-2-15-35-16-13-21(14-17-35)4-3-20-5-7-22(8-6-20)23-9-11-25(26(30)18-23)24-10-12-28(27(31)19-24)34-29(32)33/h9-12,18-22,29,35H,2-8,13-17H2,1H3/t20-,21?,22-,35?. The van der Waals surface area contributed by atoms with Crippen LogP contribution < -0.4 is 4.74 Å². The predicted octanol–water partition coefficient (Wildman–Crippen LogP) is 9.33. The summed E-state index contributed by atoms with van der Waals surface area (Å²) in [5, 5.41) is 0. The molecule has 0 N–H and O–H groups in total. The summed E-state index contributed by atoms with van der Waals surface area (Å²) in [6.07, 6.45) is 11.7. The van der Waals surface area contributed by atoms with Gasteiger partial charge in [0.25, 0.3) is 0 Å². The van der Waals surface area contributed by atoms with Crippen molar-refractivity contribution in [3.05, 3.63) is 53.6 Å². The smallest absolute Gasteiger partial charge is 0.387 e. The maximum absolute atomic E-state index is 14.9. The summed E-state index contributed by atoms with van der Waals surface area (Å²) in [5.41, 5.74) is 1.58. The first-order valence-corrected chi connectivity index (χ1v) is 15.9. The highest BCUT2D eigenvalue weighted by Crippen LogP contribution is 2.40. The molecule has 2 fully saturated rings. The minimum atomic E-state index is -3.10. The van der Waals surface area contributed by atoms with Gasteiger partial charge in [-0.1, -0.05) is 75.4 Å². The van der Waals surface area contributed by atoms with Crippen molar-refractivity contribution in [3.8, 4) is 16.9 Å². The zero-order valence-electron chi connectivity index (χ0n) is 20.8. The molecular weight excluding hydrogens is 468 g/mol. The molecule has 1 aliphatic carbocycles. The van der Waals surface area contributed by atoms with Crippen LogP contribution in [0.2, 0.25) is 18.1 Å². The minimum absolute atomic E-state index is 0.265. The second-order valence-corrected chi connectivity index (χ2v) is 14.2. The molecule has 35 heavy (non-hydrogen) atoms. The molecule has 0 radical (unpaired) electrons. The molecule has 0 aromatic heterocycles. The molecule has 192 valence electrons. The lowest BCUT2D eigenvalue weighted by Gasteiger charge is -2.32. The van der Waals surface area contributed by atoms with Crippen LogP contribution in [0.15, 0.2) is 36.4 Å². The van der Waals surface area contributed by atoms with Crippen molar-refractivity contribution in [2.24, 2.45) is 11.8 Å². The molecule has 1 saturated heterocycles. The van der Waals surface area contributed by atoms with Crippen LogP contribution in [0.4, 0.5) is 17.6 Å². The predicted molar refractivity (Wildman–Crippen MR) is 137 cm³/mol. The number of alkyl halides is 2. The molecule has 0 unspecified atom stereocenters. The van der Waals surface area contributed by atoms with Crippen LogP contribution >= 0.6 is 0 Å². The van der Waals surface area contributed by atoms with Crippen LogP contribution in [0.25, 0.3) is 11.1 Å². The van der Waals surface area contributed by atoms with Gasteiger partial charge in [0.1, 0.15) is 5.82 Å². The van der Waals surface area contributed by atoms with Crippen LogP contribution in [0.5, 0.6) is 5.75 Å². The first-order chi connectivity index (χ1) is 16.9. The van der Waals surface area contributed by atoms with Gasteiger partial charge in [0.2, 0.25) is 0 Å². The number of hydrogen-bond donors (Lipinski definition) is 0. The van der Waals surface area contributed by atoms with Gasteiger partial charge in [0.15, 0.2) is 11.6 Å². The molecule has 6 heteroatoms. The lowest BCUT2D eigenvalue weighted by molar-refractivity contribution is -0.0521. The van der Waals surface area contributed by atoms with E-state index in [1.165, 1.54) is 57.1 Å². The van der Waals surface area contributed by atoms with E-state index in [4.69, 9.17) is 0 Å². The molecule has 0 spiro atoms. The van der Waals surface area contributed by atoms with Gasteiger partial charge in [-0.25, -0.2) is 8.78 Å². The van der Waals surface area contributed by atoms with Gasteiger partial charge in [-0.3, -0.25) is 0 Å². The summed E-state index contributed by atoms with van der Waals surface area (Å²) >= 11 is 0. The fraction of sp³-hybridized carbons (Fsp3) is 0.586. The Labute approximate surface area is 208 Å². The molecule has 2 aliphatic rings. The molecule has 1 aliphatic heterocycles. The maximum Gasteiger partial charge on any atom is 0.387 e. The number of hydrogen-bond acceptors (Lipinski definition) is 1.